The first-order valence-electron chi connectivity index (χ1n) is 9.14. The average Bonchev–Trinajstić information content (AvgIpc) is 3.32. The second kappa shape index (κ2) is 8.09. The molecule has 152 valence electrons. The standard InChI is InChI=1S/C22H12Cl2N4OS2/c23-13-6-5-12(10-14(13)24)15-2-1-3-17(25-15)20-26-16-7-4-11(8-18(16)27-20)9-19-21(29)28-22(30)31-19/h1-10H,(H,26,27)(H,28,29,30). The zero-order chi connectivity index (χ0) is 21.5. The number of carbonyl (C=O) groups excluding carboxylic acids is 1. The van der Waals surface area contributed by atoms with Crippen LogP contribution in [0.5, 0.6) is 0 Å². The number of fused-ring (bicyclic) bond motifs is 1. The minimum atomic E-state index is -0.180. The molecule has 5 nitrogen and oxygen atoms in total. The second-order valence-corrected chi connectivity index (χ2v) is 9.28. The Labute approximate surface area is 196 Å². The number of imidazole rings is 1. The molecule has 2 aromatic carbocycles. The van der Waals surface area contributed by atoms with Gasteiger partial charge in [0.15, 0.2) is 5.82 Å². The quantitative estimate of drug-likeness (QED) is 0.273. The molecular formula is C22H12Cl2N4OS2. The molecule has 0 aliphatic carbocycles. The van der Waals surface area contributed by atoms with Crippen molar-refractivity contribution in [3.8, 4) is 22.8 Å². The normalized spacial score (nSPS) is 15.1. The number of benzene rings is 2. The summed E-state index contributed by atoms with van der Waals surface area (Å²) in [6.07, 6.45) is 1.80. The highest BCUT2D eigenvalue weighted by molar-refractivity contribution is 8.26. The Morgan fingerprint density at radius 1 is 0.968 bits per heavy atom. The van der Waals surface area contributed by atoms with Crippen molar-refractivity contribution in [2.75, 3.05) is 0 Å². The van der Waals surface area contributed by atoms with Crippen molar-refractivity contribution in [1.82, 2.24) is 20.3 Å². The van der Waals surface area contributed by atoms with Crippen LogP contribution in [0.2, 0.25) is 10.0 Å². The molecule has 0 spiro atoms. The number of nitrogens with one attached hydrogen (secondary N) is 2. The van der Waals surface area contributed by atoms with E-state index in [-0.39, 0.29) is 5.91 Å². The molecule has 9 heteroatoms. The number of pyridine rings is 1. The van der Waals surface area contributed by atoms with E-state index in [0.717, 1.165) is 27.9 Å². The number of aromatic amines is 1. The van der Waals surface area contributed by atoms with Gasteiger partial charge in [0.2, 0.25) is 0 Å². The van der Waals surface area contributed by atoms with Crippen molar-refractivity contribution in [2.24, 2.45) is 0 Å². The molecule has 0 atom stereocenters. The van der Waals surface area contributed by atoms with Crippen LogP contribution >= 0.6 is 47.2 Å². The number of thioether (sulfide) groups is 1. The third-order valence-electron chi connectivity index (χ3n) is 4.65. The van der Waals surface area contributed by atoms with Gasteiger partial charge in [0.1, 0.15) is 10.0 Å². The average molecular weight is 483 g/mol. The minimum Gasteiger partial charge on any atom is -0.337 e. The van der Waals surface area contributed by atoms with Crippen LogP contribution in [0.25, 0.3) is 39.9 Å². The number of halogens is 2. The first-order valence-corrected chi connectivity index (χ1v) is 11.1. The molecule has 1 saturated heterocycles. The third kappa shape index (κ3) is 4.09. The van der Waals surface area contributed by atoms with Gasteiger partial charge in [-0.05, 0) is 48.0 Å². The Morgan fingerprint density at radius 3 is 2.58 bits per heavy atom. The number of hydrogen-bond donors (Lipinski definition) is 2. The zero-order valence-corrected chi connectivity index (χ0v) is 18.8. The molecule has 2 aromatic heterocycles. The number of rotatable bonds is 3. The smallest absolute Gasteiger partial charge is 0.263 e. The number of amides is 1. The fourth-order valence-corrected chi connectivity index (χ4v) is 4.53. The van der Waals surface area contributed by atoms with Crippen molar-refractivity contribution in [3.63, 3.8) is 0 Å². The van der Waals surface area contributed by atoms with Crippen LogP contribution in [0.4, 0.5) is 0 Å². The van der Waals surface area contributed by atoms with Gasteiger partial charge in [0, 0.05) is 5.56 Å². The van der Waals surface area contributed by atoms with Gasteiger partial charge in [-0.15, -0.1) is 0 Å². The minimum absolute atomic E-state index is 0.180. The van der Waals surface area contributed by atoms with Crippen LogP contribution in [0, 0.1) is 0 Å². The molecule has 1 fully saturated rings. The van der Waals surface area contributed by atoms with Crippen LogP contribution in [0.1, 0.15) is 5.56 Å². The molecule has 0 radical (unpaired) electrons. The van der Waals surface area contributed by atoms with E-state index in [2.05, 4.69) is 10.3 Å². The maximum absolute atomic E-state index is 11.9. The van der Waals surface area contributed by atoms with E-state index in [0.29, 0.717) is 30.8 Å². The summed E-state index contributed by atoms with van der Waals surface area (Å²) < 4.78 is 0.465. The van der Waals surface area contributed by atoms with E-state index in [9.17, 15) is 4.79 Å². The lowest BCUT2D eigenvalue weighted by atomic mass is 10.1. The second-order valence-electron chi connectivity index (χ2n) is 6.75. The summed E-state index contributed by atoms with van der Waals surface area (Å²) in [7, 11) is 0. The van der Waals surface area contributed by atoms with Crippen molar-refractivity contribution in [1.29, 1.82) is 0 Å². The largest absolute Gasteiger partial charge is 0.337 e. The summed E-state index contributed by atoms with van der Waals surface area (Å²) in [5.41, 5.74) is 4.85. The Bertz CT molecular complexity index is 1410. The highest BCUT2D eigenvalue weighted by atomic mass is 35.5. The topological polar surface area (TPSA) is 70.7 Å². The van der Waals surface area contributed by atoms with E-state index >= 15 is 0 Å². The maximum Gasteiger partial charge on any atom is 0.263 e. The number of carbonyl (C=O) groups is 1. The van der Waals surface area contributed by atoms with Gasteiger partial charge in [0.05, 0.1) is 31.7 Å². The Balaban J connectivity index is 1.49. The number of thiocarbonyl (C=S) groups is 1. The zero-order valence-electron chi connectivity index (χ0n) is 15.6. The summed E-state index contributed by atoms with van der Waals surface area (Å²) in [6, 6.07) is 16.9. The number of aromatic nitrogens is 3. The summed E-state index contributed by atoms with van der Waals surface area (Å²) >= 11 is 18.5. The van der Waals surface area contributed by atoms with Crippen molar-refractivity contribution in [2.45, 2.75) is 0 Å². The summed E-state index contributed by atoms with van der Waals surface area (Å²) in [5, 5.41) is 3.59. The molecule has 1 aliphatic rings. The number of nitrogens with zero attached hydrogens (tertiary/aromatic N) is 2. The molecule has 0 unspecified atom stereocenters. The molecule has 31 heavy (non-hydrogen) atoms. The molecule has 5 rings (SSSR count). The molecule has 1 amide bonds. The van der Waals surface area contributed by atoms with Crippen LogP contribution < -0.4 is 5.32 Å². The predicted molar refractivity (Wildman–Crippen MR) is 131 cm³/mol. The molecule has 0 saturated carbocycles. The SMILES string of the molecule is O=C1NC(=S)SC1=Cc1ccc2[nH]c(-c3cccc(-c4ccc(Cl)c(Cl)c4)n3)nc2c1. The van der Waals surface area contributed by atoms with Gasteiger partial charge in [-0.25, -0.2) is 9.97 Å². The predicted octanol–water partition coefficient (Wildman–Crippen LogP) is 6.09. The lowest BCUT2D eigenvalue weighted by Gasteiger charge is -2.04. The molecule has 0 bridgehead atoms. The van der Waals surface area contributed by atoms with Crippen molar-refractivity contribution in [3.05, 3.63) is 75.1 Å². The van der Waals surface area contributed by atoms with Crippen LogP contribution in [-0.4, -0.2) is 25.2 Å². The highest BCUT2D eigenvalue weighted by Gasteiger charge is 2.22. The monoisotopic (exact) mass is 482 g/mol. The lowest BCUT2D eigenvalue weighted by molar-refractivity contribution is -0.115. The van der Waals surface area contributed by atoms with E-state index < -0.39 is 0 Å². The summed E-state index contributed by atoms with van der Waals surface area (Å²) in [5.74, 6) is 0.469. The van der Waals surface area contributed by atoms with Crippen LogP contribution in [0.15, 0.2) is 59.5 Å². The number of H-pyrrole nitrogens is 1. The third-order valence-corrected chi connectivity index (χ3v) is 6.56. The van der Waals surface area contributed by atoms with Gasteiger partial charge in [0.25, 0.3) is 5.91 Å². The maximum atomic E-state index is 11.9. The van der Waals surface area contributed by atoms with Gasteiger partial charge in [-0.1, -0.05) is 65.4 Å². The van der Waals surface area contributed by atoms with Crippen LogP contribution in [0.3, 0.4) is 0 Å². The number of hydrogen-bond acceptors (Lipinski definition) is 5. The van der Waals surface area contributed by atoms with E-state index in [4.69, 9.17) is 45.4 Å². The Hall–Kier alpha value is -2.71. The Morgan fingerprint density at radius 2 is 1.81 bits per heavy atom. The first kappa shape index (κ1) is 20.2. The molecule has 3 heterocycles. The van der Waals surface area contributed by atoms with Gasteiger partial charge < -0.3 is 10.3 Å². The van der Waals surface area contributed by atoms with Crippen LogP contribution in [-0.2, 0) is 4.79 Å². The fraction of sp³-hybridized carbons (Fsp3) is 0. The Kier molecular flexibility index (Phi) is 5.27. The summed E-state index contributed by atoms with van der Waals surface area (Å²) in [6.45, 7) is 0. The van der Waals surface area contributed by atoms with Crippen molar-refractivity contribution >= 4 is 74.5 Å². The lowest BCUT2D eigenvalue weighted by Crippen LogP contribution is -2.17. The molecule has 2 N–H and O–H groups in total. The van der Waals surface area contributed by atoms with E-state index in [1.807, 2.05) is 42.5 Å². The van der Waals surface area contributed by atoms with E-state index in [1.54, 1.807) is 18.2 Å². The molecule has 1 aliphatic heterocycles. The van der Waals surface area contributed by atoms with Gasteiger partial charge in [-0.3, -0.25) is 4.79 Å². The van der Waals surface area contributed by atoms with Gasteiger partial charge in [-0.2, -0.15) is 0 Å². The molecule has 4 aromatic rings. The van der Waals surface area contributed by atoms with E-state index in [1.165, 1.54) is 11.8 Å². The summed E-state index contributed by atoms with van der Waals surface area (Å²) in [4.78, 5) is 25.2. The fourth-order valence-electron chi connectivity index (χ4n) is 3.19. The van der Waals surface area contributed by atoms with Crippen molar-refractivity contribution < 1.29 is 4.79 Å². The molecular weight excluding hydrogens is 471 g/mol. The first-order chi connectivity index (χ1) is 15.0. The highest BCUT2D eigenvalue weighted by Crippen LogP contribution is 2.30. The van der Waals surface area contributed by atoms with Gasteiger partial charge >= 0.3 is 0 Å².